The lowest BCUT2D eigenvalue weighted by Gasteiger charge is -2.17. The Kier molecular flexibility index (Phi) is 11.3. The number of carboxylic acids is 1. The number of carbonyl (C=O) groups is 1. The van der Waals surface area contributed by atoms with Gasteiger partial charge in [0.1, 0.15) is 0 Å². The number of aliphatic carboxylic acids is 1. The molecule has 1 fully saturated rings. The van der Waals surface area contributed by atoms with Crippen LogP contribution >= 0.6 is 0 Å². The first kappa shape index (κ1) is 21.7. The Morgan fingerprint density at radius 3 is 2.72 bits per heavy atom. The molecule has 0 bridgehead atoms. The molecule has 0 amide bonds. The minimum atomic E-state index is -0.786. The maximum atomic E-state index is 10.4. The fourth-order valence-electron chi connectivity index (χ4n) is 3.36. The molecule has 4 nitrogen and oxygen atoms in total. The van der Waals surface area contributed by atoms with Crippen LogP contribution in [0.3, 0.4) is 0 Å². The normalized spacial score (nSPS) is 24.2. The number of hydrogen-bond donors (Lipinski definition) is 3. The van der Waals surface area contributed by atoms with Gasteiger partial charge in [0.25, 0.3) is 0 Å². The molecule has 142 valence electrons. The third kappa shape index (κ3) is 9.67. The second kappa shape index (κ2) is 13.0. The zero-order valence-corrected chi connectivity index (χ0v) is 15.5. The molecule has 4 unspecified atom stereocenters. The lowest BCUT2D eigenvalue weighted by molar-refractivity contribution is -0.137. The molecule has 0 spiro atoms. The zero-order valence-electron chi connectivity index (χ0n) is 15.5. The summed E-state index contributed by atoms with van der Waals surface area (Å²) < 4.78 is 0. The van der Waals surface area contributed by atoms with E-state index in [4.69, 9.17) is 5.11 Å². The Labute approximate surface area is 152 Å². The highest BCUT2D eigenvalue weighted by atomic mass is 16.4. The fourth-order valence-corrected chi connectivity index (χ4v) is 3.36. The van der Waals surface area contributed by atoms with Crippen LogP contribution in [-0.2, 0) is 4.79 Å². The molecule has 0 aromatic rings. The summed E-state index contributed by atoms with van der Waals surface area (Å²) in [5, 5.41) is 28.8. The number of aliphatic hydroxyl groups excluding tert-OH is 2. The second-order valence-electron chi connectivity index (χ2n) is 7.08. The summed E-state index contributed by atoms with van der Waals surface area (Å²) in [6.07, 6.45) is 12.4. The van der Waals surface area contributed by atoms with Crippen molar-refractivity contribution in [3.63, 3.8) is 0 Å². The summed E-state index contributed by atoms with van der Waals surface area (Å²) in [4.78, 5) is 10.4. The average molecular weight is 350 g/mol. The third-order valence-electron chi connectivity index (χ3n) is 4.93. The van der Waals surface area contributed by atoms with E-state index in [9.17, 15) is 15.0 Å². The van der Waals surface area contributed by atoms with Gasteiger partial charge in [0.05, 0.1) is 12.2 Å². The van der Waals surface area contributed by atoms with Crippen molar-refractivity contribution < 1.29 is 20.1 Å². The Hall–Kier alpha value is -1.31. The van der Waals surface area contributed by atoms with Crippen molar-refractivity contribution >= 4 is 5.97 Å². The van der Waals surface area contributed by atoms with Crippen molar-refractivity contribution in [2.24, 2.45) is 11.8 Å². The molecule has 1 rings (SSSR count). The molecule has 3 N–H and O–H groups in total. The highest BCUT2D eigenvalue weighted by molar-refractivity contribution is 5.66. The topological polar surface area (TPSA) is 77.8 Å². The van der Waals surface area contributed by atoms with Crippen LogP contribution in [0, 0.1) is 23.7 Å². The van der Waals surface area contributed by atoms with E-state index in [0.29, 0.717) is 19.3 Å². The molecule has 1 aliphatic carbocycles. The Bertz CT molecular complexity index is 460. The molecule has 0 aliphatic heterocycles. The standard InChI is InChI=1S/C21H34O4/c1-2-3-4-7-10-18(22)15-13-17-14-16-20(23)19(17)11-8-5-6-9-12-21(24)25/h13,15,17-20,22-23H,2-4,6-7,9-12,14,16H2,1H3,(H,24,25). The van der Waals surface area contributed by atoms with E-state index >= 15 is 0 Å². The summed E-state index contributed by atoms with van der Waals surface area (Å²) in [5.74, 6) is 5.72. The minimum absolute atomic E-state index is 0.121. The number of aliphatic hydroxyl groups is 2. The van der Waals surface area contributed by atoms with Gasteiger partial charge in [-0.2, -0.15) is 0 Å². The van der Waals surface area contributed by atoms with Gasteiger partial charge in [-0.3, -0.25) is 4.79 Å². The fraction of sp³-hybridized carbons (Fsp3) is 0.762. The average Bonchev–Trinajstić information content (AvgIpc) is 2.93. The van der Waals surface area contributed by atoms with E-state index in [-0.39, 0.29) is 24.4 Å². The van der Waals surface area contributed by atoms with Crippen LogP contribution in [0.25, 0.3) is 0 Å². The molecule has 0 radical (unpaired) electrons. The van der Waals surface area contributed by atoms with Gasteiger partial charge < -0.3 is 15.3 Å². The van der Waals surface area contributed by atoms with Gasteiger partial charge in [-0.05, 0) is 31.6 Å². The summed E-state index contributed by atoms with van der Waals surface area (Å²) in [5.41, 5.74) is 0. The van der Waals surface area contributed by atoms with Crippen molar-refractivity contribution in [1.82, 2.24) is 0 Å². The van der Waals surface area contributed by atoms with E-state index in [2.05, 4.69) is 24.8 Å². The molecule has 0 saturated heterocycles. The highest BCUT2D eigenvalue weighted by Crippen LogP contribution is 2.35. The van der Waals surface area contributed by atoms with Gasteiger partial charge in [-0.1, -0.05) is 44.8 Å². The van der Waals surface area contributed by atoms with Gasteiger partial charge in [0, 0.05) is 25.2 Å². The number of rotatable bonds is 11. The smallest absolute Gasteiger partial charge is 0.303 e. The molecule has 0 aromatic carbocycles. The SMILES string of the molecule is CCCCCCC(O)C=CC1CCC(O)C1CC#CCCCC(=O)O. The third-order valence-corrected chi connectivity index (χ3v) is 4.93. The molecule has 0 heterocycles. The number of hydrogen-bond acceptors (Lipinski definition) is 3. The van der Waals surface area contributed by atoms with E-state index in [0.717, 1.165) is 25.7 Å². The molecular formula is C21H34O4. The Balaban J connectivity index is 2.36. The van der Waals surface area contributed by atoms with E-state index in [1.165, 1.54) is 19.3 Å². The van der Waals surface area contributed by atoms with Gasteiger partial charge >= 0.3 is 5.97 Å². The minimum Gasteiger partial charge on any atom is -0.481 e. The number of unbranched alkanes of at least 4 members (excludes halogenated alkanes) is 4. The summed E-state index contributed by atoms with van der Waals surface area (Å²) in [6.45, 7) is 2.18. The lowest BCUT2D eigenvalue weighted by Crippen LogP contribution is -2.17. The molecule has 4 atom stereocenters. The maximum Gasteiger partial charge on any atom is 0.303 e. The number of carboxylic acid groups (broad SMARTS) is 1. The van der Waals surface area contributed by atoms with Crippen molar-refractivity contribution in [2.45, 2.75) is 89.8 Å². The summed E-state index contributed by atoms with van der Waals surface area (Å²) >= 11 is 0. The predicted molar refractivity (Wildman–Crippen MR) is 100 cm³/mol. The Morgan fingerprint density at radius 1 is 1.20 bits per heavy atom. The van der Waals surface area contributed by atoms with Gasteiger partial charge in [0.2, 0.25) is 0 Å². The highest BCUT2D eigenvalue weighted by Gasteiger charge is 2.32. The van der Waals surface area contributed by atoms with Crippen molar-refractivity contribution in [2.75, 3.05) is 0 Å². The van der Waals surface area contributed by atoms with Crippen molar-refractivity contribution in [3.8, 4) is 11.8 Å². The van der Waals surface area contributed by atoms with Crippen LogP contribution < -0.4 is 0 Å². The van der Waals surface area contributed by atoms with Crippen molar-refractivity contribution in [1.29, 1.82) is 0 Å². The molecule has 0 aromatic heterocycles. The molecule has 1 saturated carbocycles. The van der Waals surface area contributed by atoms with Crippen LogP contribution in [0.1, 0.15) is 77.6 Å². The number of allylic oxidation sites excluding steroid dienone is 1. The van der Waals surface area contributed by atoms with Crippen LogP contribution in [0.15, 0.2) is 12.2 Å². The first-order valence-corrected chi connectivity index (χ1v) is 9.76. The van der Waals surface area contributed by atoms with Crippen LogP contribution in [-0.4, -0.2) is 33.5 Å². The monoisotopic (exact) mass is 350 g/mol. The molecule has 1 aliphatic rings. The summed E-state index contributed by atoms with van der Waals surface area (Å²) in [6, 6.07) is 0. The predicted octanol–water partition coefficient (Wildman–Crippen LogP) is 3.91. The largest absolute Gasteiger partial charge is 0.481 e. The van der Waals surface area contributed by atoms with E-state index in [1.54, 1.807) is 0 Å². The van der Waals surface area contributed by atoms with E-state index in [1.807, 2.05) is 6.08 Å². The maximum absolute atomic E-state index is 10.4. The van der Waals surface area contributed by atoms with Crippen molar-refractivity contribution in [3.05, 3.63) is 12.2 Å². The van der Waals surface area contributed by atoms with Gasteiger partial charge in [-0.15, -0.1) is 11.8 Å². The van der Waals surface area contributed by atoms with Crippen LogP contribution in [0.5, 0.6) is 0 Å². The molecule has 25 heavy (non-hydrogen) atoms. The van der Waals surface area contributed by atoms with Crippen LogP contribution in [0.4, 0.5) is 0 Å². The van der Waals surface area contributed by atoms with Gasteiger partial charge in [0.15, 0.2) is 0 Å². The van der Waals surface area contributed by atoms with E-state index < -0.39 is 12.1 Å². The van der Waals surface area contributed by atoms with Gasteiger partial charge in [-0.25, -0.2) is 0 Å². The van der Waals surface area contributed by atoms with Crippen LogP contribution in [0.2, 0.25) is 0 Å². The summed E-state index contributed by atoms with van der Waals surface area (Å²) in [7, 11) is 0. The first-order valence-electron chi connectivity index (χ1n) is 9.76. The first-order chi connectivity index (χ1) is 12.0. The molecule has 4 heteroatoms. The Morgan fingerprint density at radius 2 is 2.00 bits per heavy atom. The quantitative estimate of drug-likeness (QED) is 0.300. The zero-order chi connectivity index (χ0) is 18.5. The molecular weight excluding hydrogens is 316 g/mol. The second-order valence-corrected chi connectivity index (χ2v) is 7.08. The lowest BCUT2D eigenvalue weighted by atomic mass is 9.91.